The Bertz CT molecular complexity index is 1410. The molecule has 12 nitrogen and oxygen atoms in total. The first kappa shape index (κ1) is 26.3. The molecule has 0 spiro atoms. The number of likely N-dealkylation sites (N-methyl/N-ethyl adjacent to an activating group) is 1. The SMILES string of the molecule is CC[C@@H]1CN(C2(C(=O)NC)Cc3cc4nc(C(NC(=O)c5nonc5C)C5CCCCC5)[nH]c4cc3C2)C(=O)N1. The van der Waals surface area contributed by atoms with Crippen molar-refractivity contribution in [3.8, 4) is 0 Å². The number of hydrogen-bond acceptors (Lipinski definition) is 7. The Morgan fingerprint density at radius 1 is 1.18 bits per heavy atom. The minimum absolute atomic E-state index is 0.0281. The molecule has 1 aliphatic heterocycles. The molecule has 40 heavy (non-hydrogen) atoms. The lowest BCUT2D eigenvalue weighted by Gasteiger charge is -2.36. The van der Waals surface area contributed by atoms with Gasteiger partial charge in [-0.25, -0.2) is 14.4 Å². The van der Waals surface area contributed by atoms with Crippen molar-refractivity contribution in [3.63, 3.8) is 0 Å². The molecule has 4 N–H and O–H groups in total. The minimum atomic E-state index is -0.977. The lowest BCUT2D eigenvalue weighted by Crippen LogP contribution is -2.60. The lowest BCUT2D eigenvalue weighted by molar-refractivity contribution is -0.130. The van der Waals surface area contributed by atoms with Crippen LogP contribution in [0.4, 0.5) is 4.79 Å². The summed E-state index contributed by atoms with van der Waals surface area (Å²) in [6.07, 6.45) is 7.07. The van der Waals surface area contributed by atoms with E-state index in [0.717, 1.165) is 54.3 Å². The van der Waals surface area contributed by atoms with Crippen LogP contribution in [0.1, 0.15) is 84.6 Å². The number of rotatable bonds is 7. The molecule has 0 bridgehead atoms. The van der Waals surface area contributed by atoms with Crippen molar-refractivity contribution in [3.05, 3.63) is 40.5 Å². The summed E-state index contributed by atoms with van der Waals surface area (Å²) in [5.41, 5.74) is 3.27. The van der Waals surface area contributed by atoms with Gasteiger partial charge in [0.2, 0.25) is 5.91 Å². The Morgan fingerprint density at radius 2 is 1.93 bits per heavy atom. The molecular formula is C28H36N8O4. The first-order valence-corrected chi connectivity index (χ1v) is 14.2. The van der Waals surface area contributed by atoms with Gasteiger partial charge in [0.1, 0.15) is 17.1 Å². The third kappa shape index (κ3) is 4.39. The molecule has 12 heteroatoms. The van der Waals surface area contributed by atoms with Crippen LogP contribution in [0.5, 0.6) is 0 Å². The second-order valence-electron chi connectivity index (χ2n) is 11.4. The second kappa shape index (κ2) is 10.2. The van der Waals surface area contributed by atoms with Crippen molar-refractivity contribution in [2.45, 2.75) is 82.8 Å². The van der Waals surface area contributed by atoms with Gasteiger partial charge in [-0.2, -0.15) is 0 Å². The summed E-state index contributed by atoms with van der Waals surface area (Å²) in [4.78, 5) is 49.5. The predicted octanol–water partition coefficient (Wildman–Crippen LogP) is 2.69. The average molecular weight is 549 g/mol. The standard InChI is InChI=1S/C28H36N8O4/c1-4-19-14-36(27(39)30-19)28(26(38)29-3)12-17-10-20-21(11-18(17)13-28)32-24(31-20)23(16-8-6-5-7-9-16)33-25(37)22-15(2)34-40-35-22/h10-11,16,19,23H,4-9,12-14H2,1-3H3,(H,29,38)(H,30,39)(H,31,32)(H,33,37)/t19-,23?/m1/s1. The van der Waals surface area contributed by atoms with E-state index in [4.69, 9.17) is 9.61 Å². The van der Waals surface area contributed by atoms with Crippen LogP contribution in [0.25, 0.3) is 11.0 Å². The number of aromatic nitrogens is 4. The van der Waals surface area contributed by atoms with Crippen molar-refractivity contribution >= 4 is 28.9 Å². The van der Waals surface area contributed by atoms with Gasteiger partial charge >= 0.3 is 6.03 Å². The van der Waals surface area contributed by atoms with Crippen LogP contribution in [0.15, 0.2) is 16.8 Å². The molecule has 1 saturated heterocycles. The van der Waals surface area contributed by atoms with Crippen LogP contribution in [0, 0.1) is 12.8 Å². The quantitative estimate of drug-likeness (QED) is 0.353. The van der Waals surface area contributed by atoms with Gasteiger partial charge in [0.05, 0.1) is 17.1 Å². The molecule has 4 amide bonds. The first-order chi connectivity index (χ1) is 19.3. The lowest BCUT2D eigenvalue weighted by atomic mass is 9.83. The van der Waals surface area contributed by atoms with Gasteiger partial charge in [-0.3, -0.25) is 9.59 Å². The van der Waals surface area contributed by atoms with Gasteiger partial charge in [-0.15, -0.1) is 0 Å². The topological polar surface area (TPSA) is 158 Å². The number of nitrogens with zero attached hydrogens (tertiary/aromatic N) is 4. The molecule has 2 aliphatic carbocycles. The number of fused-ring (bicyclic) bond motifs is 2. The highest BCUT2D eigenvalue weighted by atomic mass is 16.6. The zero-order chi connectivity index (χ0) is 28.0. The summed E-state index contributed by atoms with van der Waals surface area (Å²) in [6, 6.07) is 3.59. The van der Waals surface area contributed by atoms with Crippen LogP contribution in [-0.4, -0.2) is 68.2 Å². The number of H-pyrrole nitrogens is 1. The molecule has 1 aromatic carbocycles. The van der Waals surface area contributed by atoms with Gasteiger partial charge < -0.3 is 25.8 Å². The smallest absolute Gasteiger partial charge is 0.318 e. The highest BCUT2D eigenvalue weighted by Gasteiger charge is 2.52. The number of carbonyl (C=O) groups excluding carboxylic acids is 3. The van der Waals surface area contributed by atoms with E-state index in [0.29, 0.717) is 30.9 Å². The normalized spacial score (nSPS) is 21.3. The average Bonchev–Trinajstić information content (AvgIpc) is 3.74. The van der Waals surface area contributed by atoms with Gasteiger partial charge in [0.15, 0.2) is 5.69 Å². The first-order valence-electron chi connectivity index (χ1n) is 14.2. The monoisotopic (exact) mass is 548 g/mol. The highest BCUT2D eigenvalue weighted by molar-refractivity contribution is 5.94. The number of imidazole rings is 1. The van der Waals surface area contributed by atoms with Crippen LogP contribution < -0.4 is 16.0 Å². The van der Waals surface area contributed by atoms with E-state index < -0.39 is 5.54 Å². The predicted molar refractivity (Wildman–Crippen MR) is 145 cm³/mol. The van der Waals surface area contributed by atoms with Crippen molar-refractivity contribution in [1.82, 2.24) is 41.1 Å². The minimum Gasteiger partial charge on any atom is -0.357 e. The van der Waals surface area contributed by atoms with E-state index in [9.17, 15) is 14.4 Å². The number of urea groups is 1. The third-order valence-electron chi connectivity index (χ3n) is 8.99. The summed E-state index contributed by atoms with van der Waals surface area (Å²) >= 11 is 0. The summed E-state index contributed by atoms with van der Waals surface area (Å²) in [5.74, 6) is 0.453. The molecule has 3 aromatic rings. The summed E-state index contributed by atoms with van der Waals surface area (Å²) in [5, 5.41) is 16.5. The fraction of sp³-hybridized carbons (Fsp3) is 0.571. The molecular weight excluding hydrogens is 512 g/mol. The molecule has 212 valence electrons. The van der Waals surface area contributed by atoms with E-state index in [1.165, 1.54) is 6.42 Å². The van der Waals surface area contributed by atoms with Gasteiger partial charge in [0, 0.05) is 32.5 Å². The maximum Gasteiger partial charge on any atom is 0.318 e. The van der Waals surface area contributed by atoms with Crippen molar-refractivity contribution in [2.75, 3.05) is 13.6 Å². The molecule has 2 aromatic heterocycles. The fourth-order valence-electron chi connectivity index (χ4n) is 6.77. The maximum atomic E-state index is 13.3. The summed E-state index contributed by atoms with van der Waals surface area (Å²) in [6.45, 7) is 4.22. The second-order valence-corrected chi connectivity index (χ2v) is 11.4. The molecule has 6 rings (SSSR count). The molecule has 1 saturated carbocycles. The Morgan fingerprint density at radius 3 is 2.58 bits per heavy atom. The largest absolute Gasteiger partial charge is 0.357 e. The van der Waals surface area contributed by atoms with Crippen LogP contribution in [-0.2, 0) is 17.6 Å². The zero-order valence-electron chi connectivity index (χ0n) is 23.2. The third-order valence-corrected chi connectivity index (χ3v) is 8.99. The number of hydrogen-bond donors (Lipinski definition) is 4. The Kier molecular flexibility index (Phi) is 6.71. The molecule has 3 atom stereocenters. The Balaban J connectivity index is 1.32. The van der Waals surface area contributed by atoms with E-state index >= 15 is 0 Å². The van der Waals surface area contributed by atoms with E-state index in [-0.39, 0.29) is 41.5 Å². The van der Waals surface area contributed by atoms with Crippen molar-refractivity contribution in [1.29, 1.82) is 0 Å². The van der Waals surface area contributed by atoms with Crippen molar-refractivity contribution in [2.24, 2.45) is 5.92 Å². The fourth-order valence-corrected chi connectivity index (χ4v) is 6.77. The Hall–Kier alpha value is -3.96. The number of nitrogens with one attached hydrogen (secondary N) is 4. The Labute approximate surface area is 232 Å². The summed E-state index contributed by atoms with van der Waals surface area (Å²) < 4.78 is 4.75. The number of amides is 4. The molecule has 2 unspecified atom stereocenters. The van der Waals surface area contributed by atoms with Gasteiger partial charge in [-0.05, 0) is 60.5 Å². The van der Waals surface area contributed by atoms with E-state index in [1.54, 1.807) is 18.9 Å². The number of aryl methyl sites for hydroxylation is 1. The zero-order valence-corrected chi connectivity index (χ0v) is 23.2. The van der Waals surface area contributed by atoms with E-state index in [2.05, 4.69) is 31.2 Å². The molecule has 3 heterocycles. The summed E-state index contributed by atoms with van der Waals surface area (Å²) in [7, 11) is 1.62. The van der Waals surface area contributed by atoms with Gasteiger partial charge in [0.25, 0.3) is 5.91 Å². The number of aromatic amines is 1. The van der Waals surface area contributed by atoms with Crippen LogP contribution >= 0.6 is 0 Å². The van der Waals surface area contributed by atoms with Crippen LogP contribution in [0.2, 0.25) is 0 Å². The maximum absolute atomic E-state index is 13.3. The number of benzene rings is 1. The molecule has 3 aliphatic rings. The molecule has 2 fully saturated rings. The van der Waals surface area contributed by atoms with Gasteiger partial charge in [-0.1, -0.05) is 31.3 Å². The van der Waals surface area contributed by atoms with Crippen molar-refractivity contribution < 1.29 is 19.0 Å². The molecule has 0 radical (unpaired) electrons. The highest BCUT2D eigenvalue weighted by Crippen LogP contribution is 2.40. The van der Waals surface area contributed by atoms with Crippen LogP contribution in [0.3, 0.4) is 0 Å². The number of carbonyl (C=O) groups is 3. The van der Waals surface area contributed by atoms with E-state index in [1.807, 2.05) is 19.1 Å².